The molecule has 0 aliphatic heterocycles. The van der Waals surface area contributed by atoms with Crippen molar-refractivity contribution in [3.8, 4) is 0 Å². The Bertz CT molecular complexity index is 32.5. The van der Waals surface area contributed by atoms with Gasteiger partial charge >= 0.3 is 0 Å². The van der Waals surface area contributed by atoms with Gasteiger partial charge in [0, 0.05) is 20.4 Å². The first-order valence-corrected chi connectivity index (χ1v) is 0.565. The molecule has 0 amide bonds. The zero-order chi connectivity index (χ0) is 3.58. The van der Waals surface area contributed by atoms with Crippen LogP contribution in [0.5, 0.6) is 0 Å². The van der Waals surface area contributed by atoms with E-state index in [2.05, 4.69) is 0 Å². The van der Waals surface area contributed by atoms with Crippen LogP contribution in [0.2, 0.25) is 0 Å². The first-order chi connectivity index (χ1) is 1.73. The van der Waals surface area contributed by atoms with Gasteiger partial charge in [0.25, 0.3) is 5.09 Å². The average molecular weight is 278 g/mol. The molecule has 0 aliphatic rings. The third kappa shape index (κ3) is 3920. The van der Waals surface area contributed by atoms with Crippen molar-refractivity contribution in [1.29, 1.82) is 0 Å². The molecule has 10 nitrogen and oxygen atoms in total. The van der Waals surface area contributed by atoms with Crippen molar-refractivity contribution in [2.75, 3.05) is 0 Å². The molecule has 0 spiro atoms. The summed E-state index contributed by atoms with van der Waals surface area (Å²) in [5, 5.41) is 13.6. The summed E-state index contributed by atoms with van der Waals surface area (Å²) in [5.74, 6) is 0. The molecule has 0 aromatic carbocycles. The first-order valence-electron chi connectivity index (χ1n) is 0.565. The molecule has 13 N–H and O–H groups in total. The molecule has 0 unspecified atom stereocenters. The van der Waals surface area contributed by atoms with Gasteiger partial charge in [0.15, 0.2) is 0 Å². The predicted octanol–water partition coefficient (Wildman–Crippen LogP) is -5.30. The average Bonchev–Trinajstić information content (AvgIpc) is 0.811. The molecule has 11 heavy (non-hydrogen) atoms. The molecule has 0 fully saturated rings. The van der Waals surface area contributed by atoms with Crippen LogP contribution < -0.4 is 0 Å². The summed E-state index contributed by atoms with van der Waals surface area (Å²) in [6.45, 7) is 0. The molecule has 0 aliphatic carbocycles. The summed E-state index contributed by atoms with van der Waals surface area (Å²) in [6.07, 6.45) is 0. The van der Waals surface area contributed by atoms with Gasteiger partial charge in [-0.15, -0.1) is 10.1 Å². The van der Waals surface area contributed by atoms with E-state index in [1.54, 1.807) is 0 Å². The molecule has 0 heterocycles. The fourth-order valence-electron chi connectivity index (χ4n) is 0. The maximum Gasteiger partial charge on any atom is 0.291 e. The normalized spacial score (nSPS) is 2.18. The molecule has 0 aromatic rings. The Labute approximate surface area is 74.4 Å². The van der Waals surface area contributed by atoms with Crippen LogP contribution in [0, 0.1) is 10.1 Å². The molecule has 0 bridgehead atoms. The second-order valence-electron chi connectivity index (χ2n) is 0.238. The first kappa shape index (κ1) is 143. The van der Waals surface area contributed by atoms with E-state index in [4.69, 9.17) is 15.3 Å². The van der Waals surface area contributed by atoms with Gasteiger partial charge in [0.1, 0.15) is 0 Å². The summed E-state index contributed by atoms with van der Waals surface area (Å²) < 4.78 is 0. The Morgan fingerprint density at radius 1 is 0.909 bits per heavy atom. The smallest absolute Gasteiger partial charge is 0.291 e. The van der Waals surface area contributed by atoms with E-state index in [-0.39, 0.29) is 53.3 Å². The largest absolute Gasteiger partial charge is 0.412 e. The summed E-state index contributed by atoms with van der Waals surface area (Å²) in [5.41, 5.74) is 0. The van der Waals surface area contributed by atoms with Crippen LogP contribution in [0.15, 0.2) is 0 Å². The zero-order valence-electron chi connectivity index (χ0n) is 5.03. The predicted molar refractivity (Wildman–Crippen MR) is 30.5 cm³/mol. The van der Waals surface area contributed by atoms with E-state index in [0.29, 0.717) is 0 Å². The molecular formula is H13NO9Pd. The third-order valence-electron chi connectivity index (χ3n) is 0. The van der Waals surface area contributed by atoms with Crippen molar-refractivity contribution in [2.24, 2.45) is 0 Å². The number of hydrogen-bond acceptors (Lipinski definition) is 2. The van der Waals surface area contributed by atoms with Gasteiger partial charge in [-0.25, -0.2) is 0 Å². The third-order valence-corrected chi connectivity index (χ3v) is 0. The van der Waals surface area contributed by atoms with Crippen molar-refractivity contribution in [3.05, 3.63) is 10.1 Å². The van der Waals surface area contributed by atoms with E-state index in [0.717, 1.165) is 0 Å². The number of nitrogens with zero attached hydrogens (tertiary/aromatic N) is 1. The van der Waals surface area contributed by atoms with Gasteiger partial charge in [0.2, 0.25) is 0 Å². The Hall–Kier alpha value is -0.378. The van der Waals surface area contributed by atoms with Crippen molar-refractivity contribution in [2.45, 2.75) is 0 Å². The van der Waals surface area contributed by atoms with Crippen molar-refractivity contribution in [1.82, 2.24) is 0 Å². The van der Waals surface area contributed by atoms with Crippen LogP contribution in [0.3, 0.4) is 0 Å². The summed E-state index contributed by atoms with van der Waals surface area (Å²) in [7, 11) is 0. The van der Waals surface area contributed by atoms with Crippen molar-refractivity contribution < 1.29 is 63.6 Å². The Balaban J connectivity index is -0.00000000214. The van der Waals surface area contributed by atoms with Gasteiger partial charge < -0.3 is 38.1 Å². The fraction of sp³-hybridized carbons (Fsp3) is 0. The maximum atomic E-state index is 8.36. The van der Waals surface area contributed by atoms with Crippen molar-refractivity contribution in [3.63, 3.8) is 0 Å². The maximum absolute atomic E-state index is 8.36. The van der Waals surface area contributed by atoms with Gasteiger partial charge in [-0.2, -0.15) is 0 Å². The zero-order valence-corrected chi connectivity index (χ0v) is 6.58. The van der Waals surface area contributed by atoms with Crippen LogP contribution >= 0.6 is 0 Å². The Morgan fingerprint density at radius 3 is 0.909 bits per heavy atom. The summed E-state index contributed by atoms with van der Waals surface area (Å²) in [4.78, 5) is 8.36. The van der Waals surface area contributed by atoms with E-state index in [9.17, 15) is 0 Å². The molecule has 0 radical (unpaired) electrons. The van der Waals surface area contributed by atoms with Crippen molar-refractivity contribution >= 4 is 0 Å². The van der Waals surface area contributed by atoms with Crippen LogP contribution in [-0.2, 0) is 20.4 Å². The van der Waals surface area contributed by atoms with Crippen LogP contribution in [0.1, 0.15) is 0 Å². The molecule has 0 saturated carbocycles. The minimum Gasteiger partial charge on any atom is -0.412 e. The van der Waals surface area contributed by atoms with E-state index in [1.165, 1.54) is 0 Å². The van der Waals surface area contributed by atoms with Crippen LogP contribution in [0.4, 0.5) is 0 Å². The Kier molecular flexibility index (Phi) is 1350. The molecule has 82 valence electrons. The number of rotatable bonds is 0. The SMILES string of the molecule is O.O.O.O.O.O.O=[N+]([O-])O.[Pd]. The van der Waals surface area contributed by atoms with Gasteiger partial charge in [0.05, 0.1) is 0 Å². The molecule has 0 atom stereocenters. The monoisotopic (exact) mass is 277 g/mol. The molecule has 11 heteroatoms. The second-order valence-corrected chi connectivity index (χ2v) is 0.238. The fourth-order valence-corrected chi connectivity index (χ4v) is 0. The van der Waals surface area contributed by atoms with Gasteiger partial charge in [-0.05, 0) is 0 Å². The van der Waals surface area contributed by atoms with Gasteiger partial charge in [-0.1, -0.05) is 0 Å². The summed E-state index contributed by atoms with van der Waals surface area (Å²) >= 11 is 0. The topological polar surface area (TPSA) is 252 Å². The standard InChI is InChI=1S/HNO3.6H2O.Pd/c2-1(3)4;;;;;;;/h(H,2,3,4);6*1H2;. The Morgan fingerprint density at radius 2 is 0.909 bits per heavy atom. The van der Waals surface area contributed by atoms with E-state index in [1.807, 2.05) is 0 Å². The van der Waals surface area contributed by atoms with Gasteiger partial charge in [-0.3, -0.25) is 0 Å². The molecule has 0 rings (SSSR count). The van der Waals surface area contributed by atoms with E-state index < -0.39 is 5.09 Å². The second kappa shape index (κ2) is 104. The van der Waals surface area contributed by atoms with Crippen LogP contribution in [0.25, 0.3) is 0 Å². The molecule has 0 saturated heterocycles. The summed E-state index contributed by atoms with van der Waals surface area (Å²) in [6, 6.07) is 0. The quantitative estimate of drug-likeness (QED) is 0.258. The molecule has 0 aromatic heterocycles. The van der Waals surface area contributed by atoms with E-state index >= 15 is 0 Å². The van der Waals surface area contributed by atoms with Crippen LogP contribution in [-0.4, -0.2) is 43.2 Å². The number of hydrogen-bond donors (Lipinski definition) is 1. The minimum absolute atomic E-state index is 0. The minimum atomic E-state index is -1.50. The molecular weight excluding hydrogens is 264 g/mol.